The number of nitrogens with one attached hydrogen (secondary N) is 1. The van der Waals surface area contributed by atoms with Gasteiger partial charge in [0.05, 0.1) is 5.56 Å². The van der Waals surface area contributed by atoms with Crippen LogP contribution in [0.25, 0.3) is 0 Å². The zero-order chi connectivity index (χ0) is 6.85. The Morgan fingerprint density at radius 1 is 1.78 bits per heavy atom. The predicted octanol–water partition coefficient (Wildman–Crippen LogP) is 0.895. The lowest BCUT2D eigenvalue weighted by atomic mass is 10.3. The van der Waals surface area contributed by atoms with E-state index in [1.54, 1.807) is 0 Å². The molecule has 1 aromatic heterocycles. The van der Waals surface area contributed by atoms with Crippen molar-refractivity contribution in [3.05, 3.63) is 30.4 Å². The van der Waals surface area contributed by atoms with E-state index in [1.807, 2.05) is 0 Å². The molecule has 0 fully saturated rings. The minimum Gasteiger partial charge on any atom is -0.478 e. The normalized spacial score (nSPS) is 9.44. The minimum atomic E-state index is -0.929. The summed E-state index contributed by atoms with van der Waals surface area (Å²) in [6.45, 7) is 3.50. The van der Waals surface area contributed by atoms with Crippen LogP contribution in [0.4, 0.5) is 0 Å². The highest BCUT2D eigenvalue weighted by Gasteiger charge is 2.01. The predicted molar refractivity (Wildman–Crippen MR) is 32.2 cm³/mol. The van der Waals surface area contributed by atoms with Gasteiger partial charge in [-0.05, 0) is 13.0 Å². The van der Waals surface area contributed by atoms with Crippen molar-refractivity contribution in [3.8, 4) is 0 Å². The Kier molecular flexibility index (Phi) is 1.26. The summed E-state index contributed by atoms with van der Waals surface area (Å²) in [4.78, 5) is 12.8. The molecule has 0 atom stereocenters. The minimum absolute atomic E-state index is 0.250. The zero-order valence-corrected chi connectivity index (χ0v) is 4.72. The number of aromatic amines is 1. The second-order valence-corrected chi connectivity index (χ2v) is 1.72. The molecule has 0 spiro atoms. The Bertz CT molecular complexity index is 227. The Morgan fingerprint density at radius 3 is 2.67 bits per heavy atom. The first-order valence-corrected chi connectivity index (χ1v) is 2.44. The highest BCUT2D eigenvalue weighted by atomic mass is 16.4. The van der Waals surface area contributed by atoms with E-state index in [0.29, 0.717) is 5.69 Å². The van der Waals surface area contributed by atoms with Crippen molar-refractivity contribution in [2.75, 3.05) is 0 Å². The molecule has 9 heavy (non-hydrogen) atoms. The molecule has 0 saturated heterocycles. The van der Waals surface area contributed by atoms with Crippen LogP contribution in [0.3, 0.4) is 0 Å². The number of carbonyl (C=O) groups is 1. The van der Waals surface area contributed by atoms with Gasteiger partial charge in [0.15, 0.2) is 0 Å². The number of H-pyrrole nitrogens is 1. The summed E-state index contributed by atoms with van der Waals surface area (Å²) < 4.78 is 0. The molecule has 2 N–H and O–H groups in total. The van der Waals surface area contributed by atoms with Crippen LogP contribution in [0, 0.1) is 6.92 Å². The Hall–Kier alpha value is -1.25. The smallest absolute Gasteiger partial charge is 0.337 e. The summed E-state index contributed by atoms with van der Waals surface area (Å²) in [5.74, 6) is -0.929. The molecule has 0 bridgehead atoms. The lowest BCUT2D eigenvalue weighted by Gasteiger charge is -1.79. The summed E-state index contributed by atoms with van der Waals surface area (Å²) in [6, 6.07) is 1.47. The highest BCUT2D eigenvalue weighted by molar-refractivity contribution is 5.87. The molecule has 0 amide bonds. The van der Waals surface area contributed by atoms with Crippen LogP contribution >= 0.6 is 0 Å². The summed E-state index contributed by atoms with van der Waals surface area (Å²) in [6.07, 6.45) is 1.41. The topological polar surface area (TPSA) is 53.1 Å². The largest absolute Gasteiger partial charge is 0.478 e. The first-order chi connectivity index (χ1) is 4.20. The molecule has 3 nitrogen and oxygen atoms in total. The summed E-state index contributed by atoms with van der Waals surface area (Å²) in [5.41, 5.74) is 0.868. The van der Waals surface area contributed by atoms with Crippen molar-refractivity contribution >= 4 is 5.97 Å². The van der Waals surface area contributed by atoms with Gasteiger partial charge in [-0.1, -0.05) is 0 Å². The Balaban J connectivity index is 2.98. The van der Waals surface area contributed by atoms with Crippen molar-refractivity contribution in [1.82, 2.24) is 4.98 Å². The molecule has 1 heterocycles. The van der Waals surface area contributed by atoms with Crippen LogP contribution < -0.4 is 0 Å². The fraction of sp³-hybridized carbons (Fsp3) is 0. The van der Waals surface area contributed by atoms with Gasteiger partial charge in [-0.15, -0.1) is 0 Å². The fourth-order valence-electron chi connectivity index (χ4n) is 0.565. The van der Waals surface area contributed by atoms with Crippen molar-refractivity contribution in [2.24, 2.45) is 0 Å². The number of aromatic nitrogens is 1. The highest BCUT2D eigenvalue weighted by Crippen LogP contribution is 2.00. The third kappa shape index (κ3) is 1.10. The zero-order valence-electron chi connectivity index (χ0n) is 4.72. The standard InChI is InChI=1S/C6H6NO2/c1-4-2-5(3-7-4)6(8)9/h2-3,7H,1H2,(H,8,9). The van der Waals surface area contributed by atoms with E-state index in [4.69, 9.17) is 5.11 Å². The van der Waals surface area contributed by atoms with Gasteiger partial charge < -0.3 is 10.1 Å². The average Bonchev–Trinajstić information content (AvgIpc) is 2.14. The third-order valence-electron chi connectivity index (χ3n) is 0.990. The van der Waals surface area contributed by atoms with Crippen LogP contribution in [0.5, 0.6) is 0 Å². The number of hydrogen-bond donors (Lipinski definition) is 2. The molecule has 1 rings (SSSR count). The van der Waals surface area contributed by atoms with Gasteiger partial charge in [-0.25, -0.2) is 4.79 Å². The van der Waals surface area contributed by atoms with Gasteiger partial charge in [-0.2, -0.15) is 0 Å². The molecule has 0 aliphatic heterocycles. The van der Waals surface area contributed by atoms with Crippen molar-refractivity contribution in [3.63, 3.8) is 0 Å². The first-order valence-electron chi connectivity index (χ1n) is 2.44. The summed E-state index contributed by atoms with van der Waals surface area (Å²) in [7, 11) is 0. The molecule has 0 aromatic carbocycles. The van der Waals surface area contributed by atoms with Crippen LogP contribution in [-0.4, -0.2) is 16.1 Å². The third-order valence-corrected chi connectivity index (χ3v) is 0.990. The number of hydrogen-bond acceptors (Lipinski definition) is 1. The maximum Gasteiger partial charge on any atom is 0.337 e. The van der Waals surface area contributed by atoms with E-state index >= 15 is 0 Å². The summed E-state index contributed by atoms with van der Waals surface area (Å²) in [5, 5.41) is 8.35. The molecule has 1 radical (unpaired) electrons. The van der Waals surface area contributed by atoms with Gasteiger partial charge >= 0.3 is 5.97 Å². The average molecular weight is 124 g/mol. The molecule has 0 aliphatic carbocycles. The van der Waals surface area contributed by atoms with Gasteiger partial charge in [-0.3, -0.25) is 0 Å². The molecule has 0 unspecified atom stereocenters. The van der Waals surface area contributed by atoms with Gasteiger partial charge in [0, 0.05) is 11.9 Å². The van der Waals surface area contributed by atoms with E-state index in [-0.39, 0.29) is 5.56 Å². The number of carboxylic acid groups (broad SMARTS) is 1. The maximum atomic E-state index is 10.2. The van der Waals surface area contributed by atoms with Crippen LogP contribution in [0.2, 0.25) is 0 Å². The summed E-state index contributed by atoms with van der Waals surface area (Å²) >= 11 is 0. The number of aromatic carboxylic acids is 1. The Morgan fingerprint density at radius 2 is 2.44 bits per heavy atom. The molecule has 0 aliphatic rings. The molecule has 3 heteroatoms. The fourth-order valence-corrected chi connectivity index (χ4v) is 0.565. The molecular weight excluding hydrogens is 118 g/mol. The van der Waals surface area contributed by atoms with E-state index in [2.05, 4.69) is 11.9 Å². The van der Waals surface area contributed by atoms with Crippen molar-refractivity contribution < 1.29 is 9.90 Å². The van der Waals surface area contributed by atoms with Crippen molar-refractivity contribution in [1.29, 1.82) is 0 Å². The lowest BCUT2D eigenvalue weighted by molar-refractivity contribution is 0.0697. The van der Waals surface area contributed by atoms with E-state index < -0.39 is 5.97 Å². The van der Waals surface area contributed by atoms with E-state index in [0.717, 1.165) is 0 Å². The molecule has 0 saturated carbocycles. The second kappa shape index (κ2) is 1.93. The molecular formula is C6H6NO2. The quantitative estimate of drug-likeness (QED) is 0.584. The lowest BCUT2D eigenvalue weighted by Crippen LogP contribution is -1.91. The van der Waals surface area contributed by atoms with Gasteiger partial charge in [0.25, 0.3) is 0 Å². The SMILES string of the molecule is [CH2]c1cc(C(=O)O)c[nH]1. The maximum absolute atomic E-state index is 10.2. The van der Waals surface area contributed by atoms with Gasteiger partial charge in [0.2, 0.25) is 0 Å². The molecule has 47 valence electrons. The van der Waals surface area contributed by atoms with E-state index in [1.165, 1.54) is 12.3 Å². The van der Waals surface area contributed by atoms with Crippen LogP contribution in [0.1, 0.15) is 16.1 Å². The number of carboxylic acids is 1. The van der Waals surface area contributed by atoms with Crippen LogP contribution in [0.15, 0.2) is 12.3 Å². The Labute approximate surface area is 52.3 Å². The monoisotopic (exact) mass is 124 g/mol. The second-order valence-electron chi connectivity index (χ2n) is 1.72. The van der Waals surface area contributed by atoms with Crippen LogP contribution in [-0.2, 0) is 0 Å². The number of rotatable bonds is 1. The first kappa shape index (κ1) is 5.88. The van der Waals surface area contributed by atoms with E-state index in [9.17, 15) is 4.79 Å². The van der Waals surface area contributed by atoms with Crippen molar-refractivity contribution in [2.45, 2.75) is 0 Å². The molecule has 1 aromatic rings. The van der Waals surface area contributed by atoms with Gasteiger partial charge in [0.1, 0.15) is 0 Å².